The van der Waals surface area contributed by atoms with Gasteiger partial charge in [-0.3, -0.25) is 9.88 Å². The van der Waals surface area contributed by atoms with Gasteiger partial charge in [-0.05, 0) is 24.1 Å². The zero-order chi connectivity index (χ0) is 16.2. The smallest absolute Gasteiger partial charge is 0.316 e. The molecule has 0 radical (unpaired) electrons. The summed E-state index contributed by atoms with van der Waals surface area (Å²) in [6.45, 7) is 3.01. The topological polar surface area (TPSA) is 67.1 Å². The fraction of sp³-hybridized carbons (Fsp3) is 0.278. The zero-order valence-corrected chi connectivity index (χ0v) is 13.3. The molecule has 1 aliphatic heterocycles. The van der Waals surface area contributed by atoms with E-state index in [1.165, 1.54) is 5.56 Å². The van der Waals surface area contributed by atoms with Crippen LogP contribution in [0.5, 0.6) is 0 Å². The van der Waals surface area contributed by atoms with Crippen molar-refractivity contribution in [3.8, 4) is 11.6 Å². The SMILES string of the molecule is c1ccc(CN2CCC(Nc3nnc(-c4ccccn4)o3)C2)cc1. The van der Waals surface area contributed by atoms with Crippen LogP contribution in [0.1, 0.15) is 12.0 Å². The first-order valence-corrected chi connectivity index (χ1v) is 8.14. The van der Waals surface area contributed by atoms with Crippen LogP contribution in [0.3, 0.4) is 0 Å². The molecule has 6 nitrogen and oxygen atoms in total. The first-order valence-electron chi connectivity index (χ1n) is 8.14. The molecule has 6 heteroatoms. The quantitative estimate of drug-likeness (QED) is 0.779. The van der Waals surface area contributed by atoms with E-state index in [9.17, 15) is 0 Å². The Labute approximate surface area is 140 Å². The number of anilines is 1. The third-order valence-corrected chi connectivity index (χ3v) is 4.16. The minimum Gasteiger partial charge on any atom is -0.402 e. The largest absolute Gasteiger partial charge is 0.402 e. The Bertz CT molecular complexity index is 774. The van der Waals surface area contributed by atoms with Crippen molar-refractivity contribution in [3.05, 3.63) is 60.3 Å². The van der Waals surface area contributed by atoms with Gasteiger partial charge in [0.15, 0.2) is 0 Å². The fourth-order valence-electron chi connectivity index (χ4n) is 2.98. The third-order valence-electron chi connectivity index (χ3n) is 4.16. The van der Waals surface area contributed by atoms with Gasteiger partial charge < -0.3 is 9.73 Å². The lowest BCUT2D eigenvalue weighted by atomic mass is 10.2. The summed E-state index contributed by atoms with van der Waals surface area (Å²) >= 11 is 0. The van der Waals surface area contributed by atoms with Gasteiger partial charge in [-0.1, -0.05) is 41.5 Å². The highest BCUT2D eigenvalue weighted by Crippen LogP contribution is 2.20. The Morgan fingerprint density at radius 2 is 1.96 bits per heavy atom. The molecule has 24 heavy (non-hydrogen) atoms. The number of rotatable bonds is 5. The Hall–Kier alpha value is -2.73. The molecule has 3 heterocycles. The van der Waals surface area contributed by atoms with Crippen LogP contribution >= 0.6 is 0 Å². The van der Waals surface area contributed by atoms with E-state index in [0.717, 1.165) is 26.1 Å². The highest BCUT2D eigenvalue weighted by atomic mass is 16.4. The summed E-state index contributed by atoms with van der Waals surface area (Å²) in [6.07, 6.45) is 2.78. The predicted octanol–water partition coefficient (Wildman–Crippen LogP) is 2.82. The molecule has 1 aromatic carbocycles. The molecule has 1 atom stereocenters. The van der Waals surface area contributed by atoms with Gasteiger partial charge in [0.2, 0.25) is 0 Å². The molecular weight excluding hydrogens is 302 g/mol. The second-order valence-electron chi connectivity index (χ2n) is 5.98. The van der Waals surface area contributed by atoms with Gasteiger partial charge in [0, 0.05) is 31.9 Å². The number of likely N-dealkylation sites (tertiary alicyclic amines) is 1. The third kappa shape index (κ3) is 3.44. The molecule has 1 aliphatic rings. The lowest BCUT2D eigenvalue weighted by molar-refractivity contribution is 0.328. The molecule has 1 unspecified atom stereocenters. The second kappa shape index (κ2) is 6.80. The minimum atomic E-state index is 0.325. The van der Waals surface area contributed by atoms with Gasteiger partial charge in [-0.2, -0.15) is 0 Å². The Balaban J connectivity index is 1.34. The van der Waals surface area contributed by atoms with Crippen molar-refractivity contribution < 1.29 is 4.42 Å². The maximum atomic E-state index is 5.67. The molecule has 3 aromatic rings. The van der Waals surface area contributed by atoms with Crippen LogP contribution in [-0.2, 0) is 6.54 Å². The number of benzene rings is 1. The lowest BCUT2D eigenvalue weighted by Gasteiger charge is -2.16. The van der Waals surface area contributed by atoms with Gasteiger partial charge >= 0.3 is 6.01 Å². The molecule has 0 spiro atoms. The highest BCUT2D eigenvalue weighted by Gasteiger charge is 2.24. The van der Waals surface area contributed by atoms with Crippen LogP contribution in [0.4, 0.5) is 6.01 Å². The van der Waals surface area contributed by atoms with Crippen LogP contribution in [-0.4, -0.2) is 39.2 Å². The van der Waals surface area contributed by atoms with Gasteiger partial charge in [0.25, 0.3) is 5.89 Å². The van der Waals surface area contributed by atoms with Gasteiger partial charge in [0.1, 0.15) is 5.69 Å². The molecule has 0 bridgehead atoms. The van der Waals surface area contributed by atoms with Gasteiger partial charge in [-0.15, -0.1) is 5.10 Å². The van der Waals surface area contributed by atoms with E-state index in [1.807, 2.05) is 24.3 Å². The van der Waals surface area contributed by atoms with Crippen molar-refractivity contribution in [3.63, 3.8) is 0 Å². The summed E-state index contributed by atoms with van der Waals surface area (Å²) in [4.78, 5) is 6.65. The summed E-state index contributed by atoms with van der Waals surface area (Å²) in [6, 6.07) is 16.9. The Morgan fingerprint density at radius 3 is 2.79 bits per heavy atom. The number of pyridine rings is 1. The molecular formula is C18H19N5O. The molecule has 0 aliphatic carbocycles. The molecule has 0 amide bonds. The van der Waals surface area contributed by atoms with Crippen LogP contribution in [0.25, 0.3) is 11.6 Å². The van der Waals surface area contributed by atoms with Crippen molar-refractivity contribution >= 4 is 6.01 Å². The van der Waals surface area contributed by atoms with Crippen LogP contribution < -0.4 is 5.32 Å². The van der Waals surface area contributed by atoms with Gasteiger partial charge in [0.05, 0.1) is 0 Å². The Morgan fingerprint density at radius 1 is 1.08 bits per heavy atom. The van der Waals surface area contributed by atoms with Crippen molar-refractivity contribution in [1.82, 2.24) is 20.1 Å². The standard InChI is InChI=1S/C18H19N5O/c1-2-6-14(7-3-1)12-23-11-9-15(13-23)20-18-22-21-17(24-18)16-8-4-5-10-19-16/h1-8,10,15H,9,11-13H2,(H,20,22). The molecule has 1 N–H and O–H groups in total. The average Bonchev–Trinajstić information content (AvgIpc) is 3.27. The van der Waals surface area contributed by atoms with E-state index in [2.05, 4.69) is 49.7 Å². The van der Waals surface area contributed by atoms with Crippen LogP contribution in [0, 0.1) is 0 Å². The first kappa shape index (κ1) is 14.8. The minimum absolute atomic E-state index is 0.325. The highest BCUT2D eigenvalue weighted by molar-refractivity contribution is 5.46. The van der Waals surface area contributed by atoms with E-state index >= 15 is 0 Å². The number of nitrogens with one attached hydrogen (secondary N) is 1. The lowest BCUT2D eigenvalue weighted by Crippen LogP contribution is -2.26. The number of hydrogen-bond acceptors (Lipinski definition) is 6. The Kier molecular flexibility index (Phi) is 4.20. The predicted molar refractivity (Wildman–Crippen MR) is 91.3 cm³/mol. The van der Waals surface area contributed by atoms with Crippen molar-refractivity contribution in [2.75, 3.05) is 18.4 Å². The normalized spacial score (nSPS) is 17.9. The average molecular weight is 321 g/mol. The summed E-state index contributed by atoms with van der Waals surface area (Å²) in [7, 11) is 0. The maximum Gasteiger partial charge on any atom is 0.316 e. The fourth-order valence-corrected chi connectivity index (χ4v) is 2.98. The molecule has 122 valence electrons. The zero-order valence-electron chi connectivity index (χ0n) is 13.3. The van der Waals surface area contributed by atoms with E-state index < -0.39 is 0 Å². The van der Waals surface area contributed by atoms with E-state index in [4.69, 9.17) is 4.42 Å². The van der Waals surface area contributed by atoms with Gasteiger partial charge in [-0.25, -0.2) is 0 Å². The number of nitrogens with zero attached hydrogens (tertiary/aromatic N) is 4. The van der Waals surface area contributed by atoms with Crippen molar-refractivity contribution in [2.45, 2.75) is 19.0 Å². The summed E-state index contributed by atoms with van der Waals surface area (Å²) in [5, 5.41) is 11.5. The molecule has 0 saturated carbocycles. The molecule has 1 fully saturated rings. The molecule has 1 saturated heterocycles. The maximum absolute atomic E-state index is 5.67. The number of aromatic nitrogens is 3. The van der Waals surface area contributed by atoms with E-state index in [1.54, 1.807) is 6.20 Å². The summed E-state index contributed by atoms with van der Waals surface area (Å²) < 4.78 is 5.67. The van der Waals surface area contributed by atoms with Crippen LogP contribution in [0.15, 0.2) is 59.1 Å². The van der Waals surface area contributed by atoms with Crippen molar-refractivity contribution in [1.29, 1.82) is 0 Å². The second-order valence-corrected chi connectivity index (χ2v) is 5.98. The first-order chi connectivity index (χ1) is 11.9. The van der Waals surface area contributed by atoms with E-state index in [-0.39, 0.29) is 0 Å². The monoisotopic (exact) mass is 321 g/mol. The van der Waals surface area contributed by atoms with E-state index in [0.29, 0.717) is 23.6 Å². The van der Waals surface area contributed by atoms with Crippen molar-refractivity contribution in [2.24, 2.45) is 0 Å². The summed E-state index contributed by atoms with van der Waals surface area (Å²) in [5.41, 5.74) is 2.03. The molecule has 2 aromatic heterocycles. The number of hydrogen-bond donors (Lipinski definition) is 1. The van der Waals surface area contributed by atoms with Crippen LogP contribution in [0.2, 0.25) is 0 Å². The molecule has 4 rings (SSSR count). The summed E-state index contributed by atoms with van der Waals surface area (Å²) in [5.74, 6) is 0.442.